The second-order valence-corrected chi connectivity index (χ2v) is 4.46. The van der Waals surface area contributed by atoms with Crippen LogP contribution in [0.1, 0.15) is 18.2 Å². The van der Waals surface area contributed by atoms with E-state index in [9.17, 15) is 0 Å². The Morgan fingerprint density at radius 3 is 3.23 bits per heavy atom. The molecule has 0 radical (unpaired) electrons. The van der Waals surface area contributed by atoms with Gasteiger partial charge in [-0.1, -0.05) is 6.07 Å². The van der Waals surface area contributed by atoms with Crippen LogP contribution >= 0.6 is 11.3 Å². The van der Waals surface area contributed by atoms with E-state index in [0.717, 1.165) is 19.6 Å². The number of thiophene rings is 1. The average molecular weight is 197 g/mol. The summed E-state index contributed by atoms with van der Waals surface area (Å²) in [5.74, 6) is 0. The van der Waals surface area contributed by atoms with E-state index in [2.05, 4.69) is 29.8 Å². The van der Waals surface area contributed by atoms with E-state index in [1.165, 1.54) is 4.88 Å². The molecule has 0 bridgehead atoms. The molecule has 2 unspecified atom stereocenters. The van der Waals surface area contributed by atoms with Crippen molar-refractivity contribution in [1.82, 2.24) is 5.32 Å². The van der Waals surface area contributed by atoms with E-state index in [0.29, 0.717) is 12.1 Å². The van der Waals surface area contributed by atoms with Crippen LogP contribution in [0, 0.1) is 0 Å². The molecule has 1 aliphatic rings. The molecule has 3 heteroatoms. The van der Waals surface area contributed by atoms with Crippen molar-refractivity contribution in [3.05, 3.63) is 22.4 Å². The lowest BCUT2D eigenvalue weighted by atomic mass is 10.1. The molecule has 1 aromatic heterocycles. The molecule has 1 saturated heterocycles. The van der Waals surface area contributed by atoms with Crippen LogP contribution in [0.3, 0.4) is 0 Å². The summed E-state index contributed by atoms with van der Waals surface area (Å²) in [6.45, 7) is 4.03. The maximum atomic E-state index is 5.48. The summed E-state index contributed by atoms with van der Waals surface area (Å²) < 4.78 is 5.48. The van der Waals surface area contributed by atoms with Gasteiger partial charge in [-0.25, -0.2) is 0 Å². The number of rotatable bonds is 3. The number of nitrogens with one attached hydrogen (secondary N) is 1. The van der Waals surface area contributed by atoms with E-state index in [1.807, 2.05) is 0 Å². The highest BCUT2D eigenvalue weighted by Crippen LogP contribution is 2.14. The Labute approximate surface area is 82.9 Å². The van der Waals surface area contributed by atoms with Gasteiger partial charge < -0.3 is 10.1 Å². The fraction of sp³-hybridized carbons (Fsp3) is 0.600. The first-order valence-corrected chi connectivity index (χ1v) is 5.61. The van der Waals surface area contributed by atoms with Crippen LogP contribution in [0.4, 0.5) is 0 Å². The lowest BCUT2D eigenvalue weighted by Crippen LogP contribution is -2.33. The zero-order valence-corrected chi connectivity index (χ0v) is 8.64. The molecule has 2 nitrogen and oxygen atoms in total. The Morgan fingerprint density at radius 2 is 2.62 bits per heavy atom. The minimum atomic E-state index is 0.375. The lowest BCUT2D eigenvalue weighted by Gasteiger charge is -2.14. The maximum Gasteiger partial charge on any atom is 0.0700 e. The molecule has 0 aliphatic carbocycles. The van der Waals surface area contributed by atoms with Crippen molar-refractivity contribution in [3.63, 3.8) is 0 Å². The van der Waals surface area contributed by atoms with Gasteiger partial charge in [0.1, 0.15) is 0 Å². The van der Waals surface area contributed by atoms with Crippen LogP contribution < -0.4 is 5.32 Å². The SMILES string of the molecule is CC1OCCC1NCc1cccs1. The van der Waals surface area contributed by atoms with Crippen LogP contribution in [0.2, 0.25) is 0 Å². The van der Waals surface area contributed by atoms with Gasteiger partial charge in [-0.05, 0) is 24.8 Å². The van der Waals surface area contributed by atoms with Gasteiger partial charge in [0.05, 0.1) is 6.10 Å². The predicted molar refractivity (Wildman–Crippen MR) is 55.0 cm³/mol. The Bertz CT molecular complexity index is 247. The molecule has 1 fully saturated rings. The van der Waals surface area contributed by atoms with E-state index in [-0.39, 0.29) is 0 Å². The molecule has 2 atom stereocenters. The Balaban J connectivity index is 1.79. The number of hydrogen-bond acceptors (Lipinski definition) is 3. The number of ether oxygens (including phenoxy) is 1. The highest BCUT2D eigenvalue weighted by atomic mass is 32.1. The normalized spacial score (nSPS) is 28.1. The van der Waals surface area contributed by atoms with Crippen molar-refractivity contribution >= 4 is 11.3 Å². The van der Waals surface area contributed by atoms with Gasteiger partial charge in [0.25, 0.3) is 0 Å². The highest BCUT2D eigenvalue weighted by molar-refractivity contribution is 7.09. The molecule has 2 rings (SSSR count). The molecule has 0 amide bonds. The average Bonchev–Trinajstić information content (AvgIpc) is 2.72. The molecule has 0 spiro atoms. The van der Waals surface area contributed by atoms with E-state index in [4.69, 9.17) is 4.74 Å². The second-order valence-electron chi connectivity index (χ2n) is 3.43. The van der Waals surface area contributed by atoms with Crippen LogP contribution in [-0.2, 0) is 11.3 Å². The molecule has 1 aromatic rings. The van der Waals surface area contributed by atoms with Gasteiger partial charge in [-0.2, -0.15) is 0 Å². The first-order chi connectivity index (χ1) is 6.36. The van der Waals surface area contributed by atoms with Crippen LogP contribution in [0.15, 0.2) is 17.5 Å². The van der Waals surface area contributed by atoms with Crippen molar-refractivity contribution in [3.8, 4) is 0 Å². The third kappa shape index (κ3) is 2.30. The van der Waals surface area contributed by atoms with Crippen LogP contribution in [0.5, 0.6) is 0 Å². The topological polar surface area (TPSA) is 21.3 Å². The molecule has 72 valence electrons. The highest BCUT2D eigenvalue weighted by Gasteiger charge is 2.23. The third-order valence-corrected chi connectivity index (χ3v) is 3.37. The van der Waals surface area contributed by atoms with Crippen molar-refractivity contribution in [2.24, 2.45) is 0 Å². The van der Waals surface area contributed by atoms with Crippen LogP contribution in [-0.4, -0.2) is 18.8 Å². The largest absolute Gasteiger partial charge is 0.377 e. The molecule has 1 aliphatic heterocycles. The quantitative estimate of drug-likeness (QED) is 0.800. The van der Waals surface area contributed by atoms with Gasteiger partial charge in [0.2, 0.25) is 0 Å². The summed E-state index contributed by atoms with van der Waals surface area (Å²) in [7, 11) is 0. The standard InChI is InChI=1S/C10H15NOS/c1-8-10(4-5-12-8)11-7-9-3-2-6-13-9/h2-3,6,8,10-11H,4-5,7H2,1H3. The van der Waals surface area contributed by atoms with Gasteiger partial charge in [-0.3, -0.25) is 0 Å². The van der Waals surface area contributed by atoms with Crippen molar-refractivity contribution in [2.75, 3.05) is 6.61 Å². The predicted octanol–water partition coefficient (Wildman–Crippen LogP) is 2.02. The summed E-state index contributed by atoms with van der Waals surface area (Å²) in [5.41, 5.74) is 0. The van der Waals surface area contributed by atoms with E-state index in [1.54, 1.807) is 11.3 Å². The van der Waals surface area contributed by atoms with Gasteiger partial charge >= 0.3 is 0 Å². The summed E-state index contributed by atoms with van der Waals surface area (Å²) in [5, 5.41) is 5.64. The molecule has 13 heavy (non-hydrogen) atoms. The van der Waals surface area contributed by atoms with Gasteiger partial charge in [-0.15, -0.1) is 11.3 Å². The fourth-order valence-electron chi connectivity index (χ4n) is 1.64. The molecule has 0 saturated carbocycles. The van der Waals surface area contributed by atoms with Crippen molar-refractivity contribution in [2.45, 2.75) is 32.0 Å². The summed E-state index contributed by atoms with van der Waals surface area (Å²) >= 11 is 1.80. The Hall–Kier alpha value is -0.380. The smallest absolute Gasteiger partial charge is 0.0700 e. The first-order valence-electron chi connectivity index (χ1n) is 4.73. The van der Waals surface area contributed by atoms with Crippen LogP contribution in [0.25, 0.3) is 0 Å². The molecule has 0 aromatic carbocycles. The first kappa shape index (κ1) is 9.19. The van der Waals surface area contributed by atoms with Crippen molar-refractivity contribution in [1.29, 1.82) is 0 Å². The fourth-order valence-corrected chi connectivity index (χ4v) is 2.30. The zero-order valence-electron chi connectivity index (χ0n) is 7.82. The van der Waals surface area contributed by atoms with Crippen molar-refractivity contribution < 1.29 is 4.74 Å². The third-order valence-electron chi connectivity index (χ3n) is 2.49. The summed E-state index contributed by atoms with van der Waals surface area (Å²) in [4.78, 5) is 1.40. The van der Waals surface area contributed by atoms with Gasteiger partial charge in [0.15, 0.2) is 0 Å². The molecular formula is C10H15NOS. The summed E-state index contributed by atoms with van der Waals surface area (Å²) in [6, 6.07) is 4.80. The minimum absolute atomic E-state index is 0.375. The Kier molecular flexibility index (Phi) is 2.98. The second kappa shape index (κ2) is 4.22. The monoisotopic (exact) mass is 197 g/mol. The van der Waals surface area contributed by atoms with Gasteiger partial charge in [0, 0.05) is 24.1 Å². The summed E-state index contributed by atoms with van der Waals surface area (Å²) in [6.07, 6.45) is 1.52. The van der Waals surface area contributed by atoms with E-state index >= 15 is 0 Å². The number of hydrogen-bond donors (Lipinski definition) is 1. The molecule has 1 N–H and O–H groups in total. The zero-order chi connectivity index (χ0) is 9.10. The molecular weight excluding hydrogens is 182 g/mol. The lowest BCUT2D eigenvalue weighted by molar-refractivity contribution is 0.113. The minimum Gasteiger partial charge on any atom is -0.377 e. The molecule has 2 heterocycles. The maximum absolute atomic E-state index is 5.48. The Morgan fingerprint density at radius 1 is 1.69 bits per heavy atom. The van der Waals surface area contributed by atoms with E-state index < -0.39 is 0 Å².